The Morgan fingerprint density at radius 3 is 2.56 bits per heavy atom. The molecule has 1 aromatic heterocycles. The van der Waals surface area contributed by atoms with Gasteiger partial charge in [0.2, 0.25) is 0 Å². The summed E-state index contributed by atoms with van der Waals surface area (Å²) in [5, 5.41) is 21.2. The van der Waals surface area contributed by atoms with Crippen molar-refractivity contribution >= 4 is 33.5 Å². The van der Waals surface area contributed by atoms with Crippen molar-refractivity contribution in [2.24, 2.45) is 5.92 Å². The summed E-state index contributed by atoms with van der Waals surface area (Å²) in [5.74, 6) is 2.10. The number of pyridine rings is 1. The predicted molar refractivity (Wildman–Crippen MR) is 136 cm³/mol. The Labute approximate surface area is 205 Å². The van der Waals surface area contributed by atoms with Crippen LogP contribution in [0.1, 0.15) is 42.5 Å². The first kappa shape index (κ1) is 25.0. The fourth-order valence-corrected chi connectivity index (χ4v) is 5.35. The minimum Gasteiger partial charge on any atom is -0.392 e. The minimum atomic E-state index is -0.0880. The number of anilines is 1. The van der Waals surface area contributed by atoms with Gasteiger partial charge in [0.15, 0.2) is 0 Å². The number of likely N-dealkylation sites (N-methyl/N-ethyl adjacent to an activating group) is 1. The van der Waals surface area contributed by atoms with E-state index in [0.717, 1.165) is 77.6 Å². The van der Waals surface area contributed by atoms with Crippen LogP contribution in [-0.2, 0) is 19.4 Å². The third-order valence-electron chi connectivity index (χ3n) is 5.80. The number of rotatable bonds is 8. The maximum Gasteiger partial charge on any atom is 0.135 e. The average molecular weight is 518 g/mol. The summed E-state index contributed by atoms with van der Waals surface area (Å²) in [5.41, 5.74) is 3.71. The molecule has 0 unspecified atom stereocenters. The molecular weight excluding hydrogens is 484 g/mol. The molecule has 0 amide bonds. The Hall–Kier alpha value is -1.59. The summed E-state index contributed by atoms with van der Waals surface area (Å²) in [7, 11) is 2.15. The van der Waals surface area contributed by atoms with Crippen molar-refractivity contribution in [2.45, 2.75) is 44.7 Å². The molecule has 1 N–H and O–H groups in total. The number of nitrogens with zero attached hydrogens (tertiary/aromatic N) is 4. The van der Waals surface area contributed by atoms with E-state index in [0.29, 0.717) is 11.5 Å². The molecule has 1 saturated heterocycles. The molecule has 0 bridgehead atoms. The lowest BCUT2D eigenvalue weighted by molar-refractivity contribution is 0.279. The van der Waals surface area contributed by atoms with Gasteiger partial charge in [0, 0.05) is 35.4 Å². The topological polar surface area (TPSA) is 63.4 Å². The fourth-order valence-electron chi connectivity index (χ4n) is 4.09. The largest absolute Gasteiger partial charge is 0.392 e. The van der Waals surface area contributed by atoms with Gasteiger partial charge in [-0.1, -0.05) is 41.9 Å². The van der Waals surface area contributed by atoms with Crippen LogP contribution in [-0.4, -0.2) is 54.0 Å². The number of hydrogen-bond donors (Lipinski definition) is 1. The second-order valence-corrected chi connectivity index (χ2v) is 10.8. The van der Waals surface area contributed by atoms with Gasteiger partial charge in [-0.2, -0.15) is 5.26 Å². The Bertz CT molecular complexity index is 942. The second kappa shape index (κ2) is 12.0. The first-order valence-electron chi connectivity index (χ1n) is 11.3. The number of nitriles is 1. The highest BCUT2D eigenvalue weighted by Crippen LogP contribution is 2.34. The van der Waals surface area contributed by atoms with Gasteiger partial charge >= 0.3 is 0 Å². The monoisotopic (exact) mass is 516 g/mol. The van der Waals surface area contributed by atoms with Crippen molar-refractivity contribution < 1.29 is 5.11 Å². The quantitative estimate of drug-likeness (QED) is 0.504. The number of thioether (sulfide) groups is 1. The lowest BCUT2D eigenvalue weighted by atomic mass is 9.95. The molecule has 32 heavy (non-hydrogen) atoms. The van der Waals surface area contributed by atoms with E-state index in [4.69, 9.17) is 4.98 Å². The molecule has 1 aliphatic rings. The highest BCUT2D eigenvalue weighted by atomic mass is 79.9. The smallest absolute Gasteiger partial charge is 0.135 e. The minimum absolute atomic E-state index is 0.0880. The lowest BCUT2D eigenvalue weighted by Gasteiger charge is -2.27. The number of aryl methyl sites for hydroxylation is 1. The van der Waals surface area contributed by atoms with E-state index < -0.39 is 0 Å². The summed E-state index contributed by atoms with van der Waals surface area (Å²) in [4.78, 5) is 9.64. The van der Waals surface area contributed by atoms with Gasteiger partial charge in [-0.05, 0) is 62.0 Å². The van der Waals surface area contributed by atoms with Gasteiger partial charge < -0.3 is 14.9 Å². The molecule has 0 spiro atoms. The summed E-state index contributed by atoms with van der Waals surface area (Å²) < 4.78 is 1.08. The average Bonchev–Trinajstić information content (AvgIpc) is 2.99. The van der Waals surface area contributed by atoms with Crippen LogP contribution in [0.2, 0.25) is 0 Å². The third kappa shape index (κ3) is 6.48. The zero-order valence-electron chi connectivity index (χ0n) is 19.3. The number of benzene rings is 1. The Balaban J connectivity index is 1.94. The highest BCUT2D eigenvalue weighted by Gasteiger charge is 2.24. The van der Waals surface area contributed by atoms with Crippen LogP contribution in [0.5, 0.6) is 0 Å². The van der Waals surface area contributed by atoms with Crippen molar-refractivity contribution in [3.63, 3.8) is 0 Å². The van der Waals surface area contributed by atoms with Crippen LogP contribution in [0.25, 0.3) is 0 Å². The molecule has 7 heteroatoms. The molecule has 0 aliphatic carbocycles. The van der Waals surface area contributed by atoms with Gasteiger partial charge in [-0.3, -0.25) is 0 Å². The standard InChI is InChI=1S/C25H33BrN4OS/c1-18(2)15-21-22(16-27)25(32-14-9-19-5-7-20(26)8-6-19)28-24(23(21)17-31)30-11-4-10-29(3)12-13-30/h5-8,18,31H,4,9-15,17H2,1-3H3. The van der Waals surface area contributed by atoms with Crippen LogP contribution in [0, 0.1) is 17.2 Å². The Morgan fingerprint density at radius 2 is 1.91 bits per heavy atom. The number of halogens is 1. The van der Waals surface area contributed by atoms with Crippen molar-refractivity contribution in [1.82, 2.24) is 9.88 Å². The van der Waals surface area contributed by atoms with Crippen molar-refractivity contribution in [3.8, 4) is 6.07 Å². The molecule has 2 aromatic rings. The number of aliphatic hydroxyl groups is 1. The molecular formula is C25H33BrN4OS. The van der Waals surface area contributed by atoms with E-state index in [1.54, 1.807) is 11.8 Å². The molecule has 0 radical (unpaired) electrons. The van der Waals surface area contributed by atoms with Gasteiger partial charge in [0.1, 0.15) is 16.9 Å². The maximum absolute atomic E-state index is 10.3. The van der Waals surface area contributed by atoms with Crippen molar-refractivity contribution in [3.05, 3.63) is 51.0 Å². The van der Waals surface area contributed by atoms with Crippen LogP contribution in [0.3, 0.4) is 0 Å². The zero-order chi connectivity index (χ0) is 23.1. The molecule has 172 valence electrons. The van der Waals surface area contributed by atoms with Crippen LogP contribution in [0.4, 0.5) is 5.82 Å². The maximum atomic E-state index is 10.3. The molecule has 1 aromatic carbocycles. The summed E-state index contributed by atoms with van der Waals surface area (Å²) in [6.07, 6.45) is 2.74. The molecule has 1 aliphatic heterocycles. The molecule has 1 fully saturated rings. The second-order valence-electron chi connectivity index (χ2n) is 8.81. The number of aromatic nitrogens is 1. The summed E-state index contributed by atoms with van der Waals surface area (Å²) >= 11 is 5.14. The van der Waals surface area contributed by atoms with Gasteiger partial charge in [-0.25, -0.2) is 4.98 Å². The summed E-state index contributed by atoms with van der Waals surface area (Å²) in [6, 6.07) is 10.8. The molecule has 0 saturated carbocycles. The van der Waals surface area contributed by atoms with Crippen LogP contribution < -0.4 is 4.90 Å². The Morgan fingerprint density at radius 1 is 1.16 bits per heavy atom. The highest BCUT2D eigenvalue weighted by molar-refractivity contribution is 9.10. The normalized spacial score (nSPS) is 15.1. The zero-order valence-corrected chi connectivity index (χ0v) is 21.7. The predicted octanol–water partition coefficient (Wildman–Crippen LogP) is 4.88. The number of aliphatic hydroxyl groups excluding tert-OH is 1. The van der Waals surface area contributed by atoms with Gasteiger partial charge in [-0.15, -0.1) is 11.8 Å². The van der Waals surface area contributed by atoms with Gasteiger partial charge in [0.25, 0.3) is 0 Å². The van der Waals surface area contributed by atoms with Crippen molar-refractivity contribution in [2.75, 3.05) is 43.9 Å². The van der Waals surface area contributed by atoms with E-state index >= 15 is 0 Å². The van der Waals surface area contributed by atoms with Crippen LogP contribution >= 0.6 is 27.7 Å². The Kier molecular flexibility index (Phi) is 9.42. The van der Waals surface area contributed by atoms with E-state index in [2.05, 4.69) is 77.0 Å². The first-order chi connectivity index (χ1) is 15.4. The molecule has 5 nitrogen and oxygen atoms in total. The molecule has 3 rings (SSSR count). The van der Waals surface area contributed by atoms with Gasteiger partial charge in [0.05, 0.1) is 12.2 Å². The fraction of sp³-hybridized carbons (Fsp3) is 0.520. The van der Waals surface area contributed by atoms with Crippen molar-refractivity contribution in [1.29, 1.82) is 5.26 Å². The molecule has 0 atom stereocenters. The van der Waals surface area contributed by atoms with E-state index in [1.807, 2.05) is 0 Å². The van der Waals surface area contributed by atoms with E-state index in [1.165, 1.54) is 5.56 Å². The lowest BCUT2D eigenvalue weighted by Crippen LogP contribution is -2.31. The first-order valence-corrected chi connectivity index (χ1v) is 13.1. The van der Waals surface area contributed by atoms with E-state index in [9.17, 15) is 10.4 Å². The SMILES string of the molecule is CC(C)Cc1c(C#N)c(SCCc2ccc(Br)cc2)nc(N2CCCN(C)CC2)c1CO. The molecule has 2 heterocycles. The van der Waals surface area contributed by atoms with Crippen LogP contribution in [0.15, 0.2) is 33.8 Å². The summed E-state index contributed by atoms with van der Waals surface area (Å²) in [6.45, 7) is 8.06. The van der Waals surface area contributed by atoms with E-state index in [-0.39, 0.29) is 6.61 Å². The third-order valence-corrected chi connectivity index (χ3v) is 7.31. The number of hydrogen-bond acceptors (Lipinski definition) is 6.